The van der Waals surface area contributed by atoms with Gasteiger partial charge in [0.15, 0.2) is 0 Å². The van der Waals surface area contributed by atoms with Crippen molar-refractivity contribution in [2.45, 2.75) is 0 Å². The van der Waals surface area contributed by atoms with Crippen LogP contribution >= 0.6 is 0 Å². The summed E-state index contributed by atoms with van der Waals surface area (Å²) in [6, 6.07) is 12.0. The summed E-state index contributed by atoms with van der Waals surface area (Å²) in [5.41, 5.74) is 2.57. The van der Waals surface area contributed by atoms with Crippen molar-refractivity contribution in [1.82, 2.24) is 9.38 Å². The Balaban J connectivity index is 2.41. The van der Waals surface area contributed by atoms with E-state index in [1.54, 1.807) is 0 Å². The summed E-state index contributed by atoms with van der Waals surface area (Å²) in [6.45, 7) is 0. The largest absolute Gasteiger partial charge is 0.411 e. The summed E-state index contributed by atoms with van der Waals surface area (Å²) in [7, 11) is 0. The van der Waals surface area contributed by atoms with E-state index in [2.05, 4.69) is 16.2 Å². The lowest BCUT2D eigenvalue weighted by Crippen LogP contribution is -1.85. The lowest BCUT2D eigenvalue weighted by Gasteiger charge is -1.99. The van der Waals surface area contributed by atoms with Crippen LogP contribution in [0.2, 0.25) is 0 Å². The Kier molecular flexibility index (Phi) is 1.86. The molecule has 0 atom stereocenters. The molecule has 4 heteroatoms. The van der Waals surface area contributed by atoms with Gasteiger partial charge >= 0.3 is 0 Å². The molecular formula is C12H9N3O. The molecular weight excluding hydrogens is 202 g/mol. The third kappa shape index (κ3) is 1.24. The molecule has 0 aliphatic heterocycles. The highest BCUT2D eigenvalue weighted by atomic mass is 16.4. The zero-order chi connectivity index (χ0) is 11.0. The van der Waals surface area contributed by atoms with E-state index in [0.29, 0.717) is 5.69 Å². The standard InChI is InChI=1S/C12H9N3O/c16-13-7-10-8-15-11-4-2-1-3-9(11)5-6-12(15)14-10/h1-8,16H/b13-7+. The third-order valence-electron chi connectivity index (χ3n) is 2.55. The number of hydrogen-bond donors (Lipinski definition) is 1. The summed E-state index contributed by atoms with van der Waals surface area (Å²) in [6.07, 6.45) is 3.17. The number of rotatable bonds is 1. The predicted octanol–water partition coefficient (Wildman–Crippen LogP) is 2.30. The van der Waals surface area contributed by atoms with Gasteiger partial charge in [-0.15, -0.1) is 0 Å². The van der Waals surface area contributed by atoms with Crippen molar-refractivity contribution in [3.05, 3.63) is 48.3 Å². The van der Waals surface area contributed by atoms with Crippen LogP contribution in [0.25, 0.3) is 16.6 Å². The Morgan fingerprint density at radius 1 is 1.19 bits per heavy atom. The van der Waals surface area contributed by atoms with Crippen LogP contribution in [0.3, 0.4) is 0 Å². The second-order valence-electron chi connectivity index (χ2n) is 3.53. The van der Waals surface area contributed by atoms with Crippen molar-refractivity contribution in [2.24, 2.45) is 5.16 Å². The molecule has 2 heterocycles. The van der Waals surface area contributed by atoms with E-state index < -0.39 is 0 Å². The van der Waals surface area contributed by atoms with Crippen LogP contribution in [0.1, 0.15) is 5.69 Å². The van der Waals surface area contributed by atoms with Crippen molar-refractivity contribution >= 4 is 22.8 Å². The molecule has 0 saturated heterocycles. The van der Waals surface area contributed by atoms with Gasteiger partial charge in [-0.2, -0.15) is 0 Å². The topological polar surface area (TPSA) is 49.9 Å². The van der Waals surface area contributed by atoms with Gasteiger partial charge in [-0.25, -0.2) is 4.98 Å². The number of hydrogen-bond acceptors (Lipinski definition) is 3. The number of imidazole rings is 1. The molecule has 0 aliphatic rings. The normalized spacial score (nSPS) is 11.8. The molecule has 0 bridgehead atoms. The minimum absolute atomic E-state index is 0.638. The molecule has 0 aliphatic carbocycles. The Morgan fingerprint density at radius 2 is 2.06 bits per heavy atom. The van der Waals surface area contributed by atoms with Crippen molar-refractivity contribution in [3.63, 3.8) is 0 Å². The van der Waals surface area contributed by atoms with Gasteiger partial charge in [0.25, 0.3) is 0 Å². The summed E-state index contributed by atoms with van der Waals surface area (Å²) in [4.78, 5) is 4.31. The highest BCUT2D eigenvalue weighted by Crippen LogP contribution is 2.16. The van der Waals surface area contributed by atoms with E-state index in [9.17, 15) is 0 Å². The van der Waals surface area contributed by atoms with Gasteiger partial charge in [0.05, 0.1) is 11.7 Å². The number of fused-ring (bicyclic) bond motifs is 3. The molecule has 0 spiro atoms. The molecule has 3 rings (SSSR count). The van der Waals surface area contributed by atoms with Crippen molar-refractivity contribution < 1.29 is 5.21 Å². The molecule has 0 amide bonds. The van der Waals surface area contributed by atoms with Gasteiger partial charge in [-0.05, 0) is 23.6 Å². The quantitative estimate of drug-likeness (QED) is 0.381. The highest BCUT2D eigenvalue weighted by molar-refractivity contribution is 5.84. The fourth-order valence-corrected chi connectivity index (χ4v) is 1.86. The minimum atomic E-state index is 0.638. The molecule has 0 fully saturated rings. The summed E-state index contributed by atoms with van der Waals surface area (Å²) < 4.78 is 1.98. The van der Waals surface area contributed by atoms with E-state index >= 15 is 0 Å². The van der Waals surface area contributed by atoms with E-state index in [0.717, 1.165) is 16.6 Å². The van der Waals surface area contributed by atoms with Gasteiger partial charge < -0.3 is 5.21 Å². The number of aromatic nitrogens is 2. The molecule has 16 heavy (non-hydrogen) atoms. The lowest BCUT2D eigenvalue weighted by molar-refractivity contribution is 0.321. The maximum Gasteiger partial charge on any atom is 0.137 e. The average molecular weight is 211 g/mol. The highest BCUT2D eigenvalue weighted by Gasteiger charge is 2.02. The van der Waals surface area contributed by atoms with Gasteiger partial charge in [0, 0.05) is 6.20 Å². The van der Waals surface area contributed by atoms with E-state index in [1.165, 1.54) is 6.21 Å². The van der Waals surface area contributed by atoms with E-state index in [4.69, 9.17) is 5.21 Å². The first kappa shape index (κ1) is 8.91. The van der Waals surface area contributed by atoms with Crippen LogP contribution in [-0.4, -0.2) is 20.8 Å². The second kappa shape index (κ2) is 3.34. The molecule has 1 N–H and O–H groups in total. The fourth-order valence-electron chi connectivity index (χ4n) is 1.86. The molecule has 0 saturated carbocycles. The van der Waals surface area contributed by atoms with Crippen molar-refractivity contribution in [3.8, 4) is 0 Å². The number of pyridine rings is 1. The Bertz CT molecular complexity index is 685. The molecule has 4 nitrogen and oxygen atoms in total. The van der Waals surface area contributed by atoms with E-state index in [1.807, 2.05) is 40.9 Å². The maximum absolute atomic E-state index is 8.48. The fraction of sp³-hybridized carbons (Fsp3) is 0. The molecule has 2 aromatic heterocycles. The zero-order valence-corrected chi connectivity index (χ0v) is 8.41. The third-order valence-corrected chi connectivity index (χ3v) is 2.55. The van der Waals surface area contributed by atoms with Crippen LogP contribution in [0.4, 0.5) is 0 Å². The van der Waals surface area contributed by atoms with Gasteiger partial charge in [0.1, 0.15) is 11.3 Å². The van der Waals surface area contributed by atoms with Crippen molar-refractivity contribution in [1.29, 1.82) is 0 Å². The van der Waals surface area contributed by atoms with Crippen LogP contribution in [0, 0.1) is 0 Å². The number of nitrogens with zero attached hydrogens (tertiary/aromatic N) is 3. The number of benzene rings is 1. The Hall–Kier alpha value is -2.36. The monoisotopic (exact) mass is 211 g/mol. The summed E-state index contributed by atoms with van der Waals surface area (Å²) in [5, 5.41) is 12.6. The summed E-state index contributed by atoms with van der Waals surface area (Å²) in [5.74, 6) is 0. The summed E-state index contributed by atoms with van der Waals surface area (Å²) >= 11 is 0. The van der Waals surface area contributed by atoms with Gasteiger partial charge in [0.2, 0.25) is 0 Å². The Morgan fingerprint density at radius 3 is 2.94 bits per heavy atom. The lowest BCUT2D eigenvalue weighted by atomic mass is 10.2. The first-order valence-corrected chi connectivity index (χ1v) is 4.93. The number of oxime groups is 1. The number of para-hydroxylation sites is 1. The van der Waals surface area contributed by atoms with Gasteiger partial charge in [-0.3, -0.25) is 4.40 Å². The van der Waals surface area contributed by atoms with Gasteiger partial charge in [-0.1, -0.05) is 23.4 Å². The molecule has 0 radical (unpaired) electrons. The van der Waals surface area contributed by atoms with Crippen LogP contribution < -0.4 is 0 Å². The predicted molar refractivity (Wildman–Crippen MR) is 62.1 cm³/mol. The maximum atomic E-state index is 8.48. The van der Waals surface area contributed by atoms with Crippen molar-refractivity contribution in [2.75, 3.05) is 0 Å². The Labute approximate surface area is 91.5 Å². The smallest absolute Gasteiger partial charge is 0.137 e. The zero-order valence-electron chi connectivity index (χ0n) is 8.41. The van der Waals surface area contributed by atoms with E-state index in [-0.39, 0.29) is 0 Å². The SMILES string of the molecule is O/N=C/c1cn2c(ccc3ccccc32)n1. The van der Waals surface area contributed by atoms with Crippen LogP contribution in [0.5, 0.6) is 0 Å². The first-order valence-electron chi connectivity index (χ1n) is 4.93. The molecule has 0 unspecified atom stereocenters. The molecule has 1 aromatic carbocycles. The molecule has 78 valence electrons. The minimum Gasteiger partial charge on any atom is -0.411 e. The average Bonchev–Trinajstić information content (AvgIpc) is 2.72. The molecule has 3 aromatic rings. The van der Waals surface area contributed by atoms with Crippen LogP contribution in [0.15, 0.2) is 47.8 Å². The van der Waals surface area contributed by atoms with Crippen LogP contribution in [-0.2, 0) is 0 Å². The first-order chi connectivity index (χ1) is 7.88. The second-order valence-corrected chi connectivity index (χ2v) is 3.53.